The van der Waals surface area contributed by atoms with Crippen LogP contribution in [0.15, 0.2) is 42.5 Å². The van der Waals surface area contributed by atoms with E-state index in [0.717, 1.165) is 0 Å². The zero-order chi connectivity index (χ0) is 21.1. The average Bonchev–Trinajstić information content (AvgIpc) is 2.70. The molecule has 2 aromatic carbocycles. The molecule has 1 amide bonds. The zero-order valence-electron chi connectivity index (χ0n) is 16.1. The van der Waals surface area contributed by atoms with Crippen LogP contribution >= 0.6 is 0 Å². The van der Waals surface area contributed by atoms with Gasteiger partial charge in [-0.3, -0.25) is 9.59 Å². The van der Waals surface area contributed by atoms with Crippen LogP contribution in [0.3, 0.4) is 0 Å². The van der Waals surface area contributed by atoms with Crippen LogP contribution in [0.1, 0.15) is 12.8 Å². The normalized spacial score (nSPS) is 10.1. The number of ether oxygens (including phenoxy) is 2. The second-order valence-electron chi connectivity index (χ2n) is 5.96. The summed E-state index contributed by atoms with van der Waals surface area (Å²) in [7, 11) is 2.90. The van der Waals surface area contributed by atoms with Crippen molar-refractivity contribution in [3.05, 3.63) is 42.5 Å². The van der Waals surface area contributed by atoms with Gasteiger partial charge in [-0.15, -0.1) is 0 Å². The first-order chi connectivity index (χ1) is 14.0. The van der Waals surface area contributed by atoms with E-state index in [-0.39, 0.29) is 32.0 Å². The Balaban J connectivity index is 1.68. The number of benzene rings is 2. The average molecular weight is 399 g/mol. The van der Waals surface area contributed by atoms with E-state index in [1.165, 1.54) is 14.7 Å². The Bertz CT molecular complexity index is 834. The molecule has 0 heterocycles. The van der Waals surface area contributed by atoms with Crippen molar-refractivity contribution in [2.45, 2.75) is 12.8 Å². The summed E-state index contributed by atoms with van der Waals surface area (Å²) in [5.74, 6) is -0.333. The maximum Gasteiger partial charge on any atom is 0.436 e. The lowest BCUT2D eigenvalue weighted by atomic mass is 10.2. The molecular formula is C19H24BN4O5. The van der Waals surface area contributed by atoms with Gasteiger partial charge in [0.2, 0.25) is 5.91 Å². The quantitative estimate of drug-likeness (QED) is 0.194. The molecule has 0 bridgehead atoms. The number of hydrogen-bond acceptors (Lipinski definition) is 8. The summed E-state index contributed by atoms with van der Waals surface area (Å²) in [5.41, 5.74) is 13.6. The number of amides is 1. The summed E-state index contributed by atoms with van der Waals surface area (Å²) in [6.45, 7) is 0.185. The molecule has 2 rings (SSSR count). The molecule has 0 atom stereocenters. The van der Waals surface area contributed by atoms with Gasteiger partial charge in [0.1, 0.15) is 19.0 Å². The van der Waals surface area contributed by atoms with Crippen LogP contribution < -0.4 is 26.7 Å². The van der Waals surface area contributed by atoms with Crippen LogP contribution in [-0.2, 0) is 19.0 Å². The van der Waals surface area contributed by atoms with Crippen molar-refractivity contribution in [1.29, 1.82) is 0 Å². The van der Waals surface area contributed by atoms with Crippen molar-refractivity contribution in [1.82, 2.24) is 0 Å². The van der Waals surface area contributed by atoms with Crippen LogP contribution in [0, 0.1) is 0 Å². The Morgan fingerprint density at radius 3 is 2.52 bits per heavy atom. The van der Waals surface area contributed by atoms with Gasteiger partial charge >= 0.3 is 13.6 Å². The smallest absolute Gasteiger partial charge is 0.436 e. The van der Waals surface area contributed by atoms with Crippen LogP contribution in [-0.4, -0.2) is 39.8 Å². The van der Waals surface area contributed by atoms with Gasteiger partial charge in [-0.05, 0) is 30.3 Å². The maximum atomic E-state index is 12.1. The second-order valence-corrected chi connectivity index (χ2v) is 5.96. The molecule has 1 radical (unpaired) electrons. The number of nitrogen functional groups attached to an aromatic ring is 2. The first kappa shape index (κ1) is 21.9. The van der Waals surface area contributed by atoms with Crippen molar-refractivity contribution in [2.75, 3.05) is 42.3 Å². The molecule has 29 heavy (non-hydrogen) atoms. The summed E-state index contributed by atoms with van der Waals surface area (Å²) in [4.78, 5) is 23.9. The van der Waals surface area contributed by atoms with Crippen molar-refractivity contribution in [3.8, 4) is 5.75 Å². The lowest BCUT2D eigenvalue weighted by Crippen LogP contribution is -2.18. The molecule has 0 aliphatic rings. The van der Waals surface area contributed by atoms with E-state index in [1.54, 1.807) is 36.4 Å². The number of esters is 1. The van der Waals surface area contributed by atoms with Gasteiger partial charge in [0.25, 0.3) is 0 Å². The lowest BCUT2D eigenvalue weighted by Gasteiger charge is -2.12. The monoisotopic (exact) mass is 399 g/mol. The van der Waals surface area contributed by atoms with E-state index in [0.29, 0.717) is 28.5 Å². The Morgan fingerprint density at radius 2 is 1.79 bits per heavy atom. The Morgan fingerprint density at radius 1 is 1.03 bits per heavy atom. The number of carbonyl (C=O) groups is 2. The number of carbonyl (C=O) groups excluding carboxylic acids is 2. The fraction of sp³-hybridized carbons (Fsp3) is 0.263. The van der Waals surface area contributed by atoms with E-state index >= 15 is 0 Å². The molecule has 0 aliphatic carbocycles. The van der Waals surface area contributed by atoms with E-state index < -0.39 is 5.97 Å². The fourth-order valence-corrected chi connectivity index (χ4v) is 2.35. The molecule has 2 aromatic rings. The van der Waals surface area contributed by atoms with E-state index in [2.05, 4.69) is 10.5 Å². The summed E-state index contributed by atoms with van der Waals surface area (Å²) < 4.78 is 15.3. The van der Waals surface area contributed by atoms with E-state index in [1.807, 2.05) is 6.07 Å². The summed E-state index contributed by atoms with van der Waals surface area (Å²) in [5, 5.41) is 5.65. The highest BCUT2D eigenvalue weighted by Gasteiger charge is 2.11. The topological polar surface area (TPSA) is 138 Å². The standard InChI is InChI=1S/C19H24BN4O5/c1-27-20-24-16-5-3-2-4-15(16)23-18(25)8-9-19(26)29-11-10-28-17-7-6-13(21)12-14(17)22/h2-7,12,24H,8-11,21-22H2,1H3,(H,23,25). The summed E-state index contributed by atoms with van der Waals surface area (Å²) >= 11 is 0. The number of para-hydroxylation sites is 2. The van der Waals surface area contributed by atoms with Gasteiger partial charge in [0.05, 0.1) is 17.8 Å². The number of rotatable bonds is 11. The highest BCUT2D eigenvalue weighted by Crippen LogP contribution is 2.23. The molecule has 0 aromatic heterocycles. The third-order valence-electron chi connectivity index (χ3n) is 3.73. The highest BCUT2D eigenvalue weighted by molar-refractivity contribution is 6.33. The molecular weight excluding hydrogens is 375 g/mol. The van der Waals surface area contributed by atoms with Crippen molar-refractivity contribution >= 4 is 42.2 Å². The summed E-state index contributed by atoms with van der Waals surface area (Å²) in [6.07, 6.45) is -0.0530. The van der Waals surface area contributed by atoms with Crippen molar-refractivity contribution < 1.29 is 23.7 Å². The predicted molar refractivity (Wildman–Crippen MR) is 112 cm³/mol. The number of nitrogens with two attached hydrogens (primary N) is 2. The van der Waals surface area contributed by atoms with Crippen LogP contribution in [0.2, 0.25) is 0 Å². The lowest BCUT2D eigenvalue weighted by molar-refractivity contribution is -0.145. The Labute approximate surface area is 170 Å². The molecule has 9 nitrogen and oxygen atoms in total. The second kappa shape index (κ2) is 11.4. The third kappa shape index (κ3) is 7.63. The molecule has 153 valence electrons. The molecule has 0 saturated heterocycles. The van der Waals surface area contributed by atoms with E-state index in [4.69, 9.17) is 25.6 Å². The van der Waals surface area contributed by atoms with Gasteiger partial charge in [-0.2, -0.15) is 0 Å². The molecule has 0 saturated carbocycles. The van der Waals surface area contributed by atoms with Gasteiger partial charge in [-0.1, -0.05) is 12.1 Å². The van der Waals surface area contributed by atoms with Crippen molar-refractivity contribution in [3.63, 3.8) is 0 Å². The molecule has 0 aliphatic heterocycles. The van der Waals surface area contributed by atoms with Crippen molar-refractivity contribution in [2.24, 2.45) is 0 Å². The number of nitrogens with one attached hydrogen (secondary N) is 2. The molecule has 6 N–H and O–H groups in total. The molecule has 0 fully saturated rings. The SMILES string of the molecule is CO[B]Nc1ccccc1NC(=O)CCC(=O)OCCOc1ccc(N)cc1N. The first-order valence-electron chi connectivity index (χ1n) is 8.93. The Hall–Kier alpha value is -3.40. The fourth-order valence-electron chi connectivity index (χ4n) is 2.35. The minimum Gasteiger partial charge on any atom is -0.488 e. The number of hydrogen-bond donors (Lipinski definition) is 4. The first-order valence-corrected chi connectivity index (χ1v) is 8.93. The number of anilines is 4. The minimum atomic E-state index is -0.492. The minimum absolute atomic E-state index is 0.00702. The van der Waals surface area contributed by atoms with Crippen LogP contribution in [0.5, 0.6) is 5.75 Å². The Kier molecular flexibility index (Phi) is 8.65. The zero-order valence-corrected chi connectivity index (χ0v) is 16.1. The summed E-state index contributed by atoms with van der Waals surface area (Å²) in [6, 6.07) is 12.0. The molecule has 0 spiro atoms. The van der Waals surface area contributed by atoms with E-state index in [9.17, 15) is 9.59 Å². The van der Waals surface area contributed by atoms with Gasteiger partial charge < -0.3 is 36.1 Å². The molecule has 0 unspecified atom stereocenters. The third-order valence-corrected chi connectivity index (χ3v) is 3.73. The molecule has 10 heteroatoms. The predicted octanol–water partition coefficient (Wildman–Crippen LogP) is 1.78. The highest BCUT2D eigenvalue weighted by atomic mass is 16.6. The van der Waals surface area contributed by atoms with Crippen LogP contribution in [0.25, 0.3) is 0 Å². The largest absolute Gasteiger partial charge is 0.488 e. The maximum absolute atomic E-state index is 12.1. The van der Waals surface area contributed by atoms with Gasteiger partial charge in [0, 0.05) is 24.9 Å². The van der Waals surface area contributed by atoms with Gasteiger partial charge in [0.15, 0.2) is 0 Å². The van der Waals surface area contributed by atoms with Gasteiger partial charge in [-0.25, -0.2) is 0 Å². The van der Waals surface area contributed by atoms with Crippen LogP contribution in [0.4, 0.5) is 22.7 Å².